The lowest BCUT2D eigenvalue weighted by Crippen LogP contribution is -2.09. The fourth-order valence-corrected chi connectivity index (χ4v) is 2.19. The van der Waals surface area contributed by atoms with Crippen LogP contribution in [0.25, 0.3) is 5.69 Å². The van der Waals surface area contributed by atoms with E-state index in [-0.39, 0.29) is 0 Å². The van der Waals surface area contributed by atoms with Crippen LogP contribution < -0.4 is 5.32 Å². The second kappa shape index (κ2) is 5.75. The second-order valence-corrected chi connectivity index (χ2v) is 5.01. The molecule has 0 radical (unpaired) electrons. The molecule has 0 bridgehead atoms. The van der Waals surface area contributed by atoms with Gasteiger partial charge in [-0.25, -0.2) is 0 Å². The van der Waals surface area contributed by atoms with Gasteiger partial charge in [-0.1, -0.05) is 30.3 Å². The molecule has 106 valence electrons. The van der Waals surface area contributed by atoms with E-state index in [9.17, 15) is 0 Å². The minimum absolute atomic E-state index is 0.576. The predicted octanol–water partition coefficient (Wildman–Crippen LogP) is 2.89. The van der Waals surface area contributed by atoms with Crippen LogP contribution in [0.15, 0.2) is 48.5 Å². The van der Waals surface area contributed by atoms with Gasteiger partial charge in [-0.15, -0.1) is 5.10 Å². The first-order valence-corrected chi connectivity index (χ1v) is 6.88. The number of anilines is 1. The number of rotatable bonds is 4. The number of para-hydroxylation sites is 1. The van der Waals surface area contributed by atoms with Crippen molar-refractivity contribution >= 4 is 5.69 Å². The molecule has 0 spiro atoms. The molecule has 21 heavy (non-hydrogen) atoms. The number of benzene rings is 2. The Labute approximate surface area is 123 Å². The molecular weight excluding hydrogens is 262 g/mol. The lowest BCUT2D eigenvalue weighted by molar-refractivity contribution is 0.768. The van der Waals surface area contributed by atoms with Crippen LogP contribution in [0.4, 0.5) is 5.69 Å². The number of nitrogens with one attached hydrogen (secondary N) is 1. The summed E-state index contributed by atoms with van der Waals surface area (Å²) < 4.78 is 1.75. The Bertz CT molecular complexity index is 733. The van der Waals surface area contributed by atoms with Crippen LogP contribution in [0.5, 0.6) is 0 Å². The molecule has 1 heterocycles. The van der Waals surface area contributed by atoms with Crippen molar-refractivity contribution in [3.8, 4) is 5.69 Å². The summed E-state index contributed by atoms with van der Waals surface area (Å²) in [6, 6.07) is 16.2. The average Bonchev–Trinajstić information content (AvgIpc) is 2.97. The summed E-state index contributed by atoms with van der Waals surface area (Å²) in [4.78, 5) is 0. The van der Waals surface area contributed by atoms with Crippen LogP contribution in [0.2, 0.25) is 0 Å². The molecule has 0 aliphatic carbocycles. The average molecular weight is 279 g/mol. The van der Waals surface area contributed by atoms with Gasteiger partial charge in [-0.05, 0) is 53.6 Å². The maximum atomic E-state index is 4.10. The van der Waals surface area contributed by atoms with Gasteiger partial charge in [0.05, 0.1) is 12.2 Å². The van der Waals surface area contributed by atoms with E-state index in [0.717, 1.165) is 17.2 Å². The van der Waals surface area contributed by atoms with E-state index < -0.39 is 0 Å². The zero-order chi connectivity index (χ0) is 14.7. The van der Waals surface area contributed by atoms with E-state index in [1.165, 1.54) is 11.1 Å². The van der Waals surface area contributed by atoms with Crippen molar-refractivity contribution in [2.45, 2.75) is 20.4 Å². The zero-order valence-corrected chi connectivity index (χ0v) is 12.1. The number of nitrogens with zero attached hydrogens (tertiary/aromatic N) is 4. The number of aryl methyl sites for hydroxylation is 2. The summed E-state index contributed by atoms with van der Waals surface area (Å²) >= 11 is 0. The molecule has 0 saturated carbocycles. The summed E-state index contributed by atoms with van der Waals surface area (Å²) in [6.45, 7) is 4.74. The highest BCUT2D eigenvalue weighted by atomic mass is 15.5. The highest BCUT2D eigenvalue weighted by molar-refractivity contribution is 5.52. The molecule has 0 unspecified atom stereocenters. The maximum absolute atomic E-state index is 4.10. The minimum Gasteiger partial charge on any atom is -0.377 e. The van der Waals surface area contributed by atoms with E-state index in [1.807, 2.05) is 30.3 Å². The van der Waals surface area contributed by atoms with Gasteiger partial charge in [0.1, 0.15) is 0 Å². The Morgan fingerprint density at radius 2 is 1.86 bits per heavy atom. The number of aromatic nitrogens is 4. The molecule has 0 amide bonds. The Hall–Kier alpha value is -2.69. The molecule has 0 aliphatic heterocycles. The van der Waals surface area contributed by atoms with Crippen molar-refractivity contribution in [2.24, 2.45) is 0 Å². The molecule has 2 aromatic carbocycles. The lowest BCUT2D eigenvalue weighted by atomic mass is 10.1. The zero-order valence-electron chi connectivity index (χ0n) is 12.1. The van der Waals surface area contributed by atoms with E-state index in [0.29, 0.717) is 6.54 Å². The van der Waals surface area contributed by atoms with Crippen molar-refractivity contribution in [3.63, 3.8) is 0 Å². The summed E-state index contributed by atoms with van der Waals surface area (Å²) in [5.41, 5.74) is 4.50. The summed E-state index contributed by atoms with van der Waals surface area (Å²) in [5, 5.41) is 15.3. The molecule has 0 saturated heterocycles. The van der Waals surface area contributed by atoms with Crippen LogP contribution in [0, 0.1) is 13.8 Å². The molecule has 0 fully saturated rings. The highest BCUT2D eigenvalue weighted by Gasteiger charge is 2.08. The maximum Gasteiger partial charge on any atom is 0.175 e. The molecule has 3 rings (SSSR count). The normalized spacial score (nSPS) is 10.6. The SMILES string of the molecule is Cc1ccc(C)c(NCc2nnnn2-c2ccccc2)c1. The monoisotopic (exact) mass is 279 g/mol. The van der Waals surface area contributed by atoms with Crippen LogP contribution in [0.1, 0.15) is 17.0 Å². The Morgan fingerprint density at radius 1 is 1.05 bits per heavy atom. The van der Waals surface area contributed by atoms with Crippen molar-refractivity contribution in [3.05, 3.63) is 65.5 Å². The first-order chi connectivity index (χ1) is 10.2. The van der Waals surface area contributed by atoms with Crippen LogP contribution in [0.3, 0.4) is 0 Å². The van der Waals surface area contributed by atoms with E-state index in [4.69, 9.17) is 0 Å². The number of hydrogen-bond acceptors (Lipinski definition) is 4. The van der Waals surface area contributed by atoms with Crippen LogP contribution in [-0.2, 0) is 6.54 Å². The largest absolute Gasteiger partial charge is 0.377 e. The molecule has 1 aromatic heterocycles. The summed E-state index contributed by atoms with van der Waals surface area (Å²) in [7, 11) is 0. The topological polar surface area (TPSA) is 55.6 Å². The quantitative estimate of drug-likeness (QED) is 0.798. The third-order valence-electron chi connectivity index (χ3n) is 3.36. The minimum atomic E-state index is 0.576. The van der Waals surface area contributed by atoms with Gasteiger partial charge in [-0.3, -0.25) is 0 Å². The van der Waals surface area contributed by atoms with Gasteiger partial charge in [-0.2, -0.15) is 4.68 Å². The molecule has 5 nitrogen and oxygen atoms in total. The van der Waals surface area contributed by atoms with Crippen molar-refractivity contribution in [2.75, 3.05) is 5.32 Å². The Kier molecular flexibility index (Phi) is 3.64. The molecule has 0 atom stereocenters. The first-order valence-electron chi connectivity index (χ1n) is 6.88. The first kappa shape index (κ1) is 13.3. The Balaban J connectivity index is 1.81. The number of tetrazole rings is 1. The fraction of sp³-hybridized carbons (Fsp3) is 0.188. The lowest BCUT2D eigenvalue weighted by Gasteiger charge is -2.10. The van der Waals surface area contributed by atoms with Crippen molar-refractivity contribution in [1.29, 1.82) is 0 Å². The Morgan fingerprint density at radius 3 is 2.67 bits per heavy atom. The van der Waals surface area contributed by atoms with Gasteiger partial charge >= 0.3 is 0 Å². The van der Waals surface area contributed by atoms with Gasteiger partial charge in [0.2, 0.25) is 0 Å². The fourth-order valence-electron chi connectivity index (χ4n) is 2.19. The third-order valence-corrected chi connectivity index (χ3v) is 3.36. The summed E-state index contributed by atoms with van der Waals surface area (Å²) in [5.74, 6) is 0.780. The van der Waals surface area contributed by atoms with Crippen LogP contribution in [-0.4, -0.2) is 20.2 Å². The predicted molar refractivity (Wildman–Crippen MR) is 82.4 cm³/mol. The third kappa shape index (κ3) is 2.91. The second-order valence-electron chi connectivity index (χ2n) is 5.01. The van der Waals surface area contributed by atoms with Crippen LogP contribution >= 0.6 is 0 Å². The molecule has 0 aliphatic rings. The van der Waals surface area contributed by atoms with Crippen molar-refractivity contribution in [1.82, 2.24) is 20.2 Å². The van der Waals surface area contributed by atoms with Crippen molar-refractivity contribution < 1.29 is 0 Å². The molecule has 3 aromatic rings. The number of hydrogen-bond donors (Lipinski definition) is 1. The van der Waals surface area contributed by atoms with E-state index in [2.05, 4.69) is 52.9 Å². The van der Waals surface area contributed by atoms with Gasteiger partial charge in [0, 0.05) is 5.69 Å². The van der Waals surface area contributed by atoms with E-state index in [1.54, 1.807) is 4.68 Å². The molecular formula is C16H17N5. The van der Waals surface area contributed by atoms with E-state index >= 15 is 0 Å². The summed E-state index contributed by atoms with van der Waals surface area (Å²) in [6.07, 6.45) is 0. The molecule has 1 N–H and O–H groups in total. The standard InChI is InChI=1S/C16H17N5/c1-12-8-9-13(2)15(10-12)17-11-16-18-19-20-21(16)14-6-4-3-5-7-14/h3-10,17H,11H2,1-2H3. The molecule has 5 heteroatoms. The van der Waals surface area contributed by atoms with Gasteiger partial charge in [0.25, 0.3) is 0 Å². The van der Waals surface area contributed by atoms with Gasteiger partial charge in [0.15, 0.2) is 5.82 Å². The smallest absolute Gasteiger partial charge is 0.175 e. The van der Waals surface area contributed by atoms with Gasteiger partial charge < -0.3 is 5.32 Å². The highest BCUT2D eigenvalue weighted by Crippen LogP contribution is 2.17.